The van der Waals surface area contributed by atoms with Crippen LogP contribution in [0.25, 0.3) is 10.8 Å². The van der Waals surface area contributed by atoms with Gasteiger partial charge in [0.2, 0.25) is 0 Å². The average Bonchev–Trinajstić information content (AvgIpc) is 2.57. The summed E-state index contributed by atoms with van der Waals surface area (Å²) in [6.07, 6.45) is 7.57. The fraction of sp³-hybridized carbons (Fsp3) is 0.524. The molecule has 2 rings (SSSR count). The minimum atomic E-state index is 0.457. The van der Waals surface area contributed by atoms with Crippen LogP contribution in [0.1, 0.15) is 57.9 Å². The molecule has 0 aliphatic carbocycles. The normalized spacial score (nSPS) is 11.4. The molecule has 0 atom stereocenters. The fourth-order valence-corrected chi connectivity index (χ4v) is 3.11. The van der Waals surface area contributed by atoms with E-state index in [0.29, 0.717) is 5.75 Å². The number of phenols is 1. The van der Waals surface area contributed by atoms with Crippen LogP contribution in [0.5, 0.6) is 5.75 Å². The molecule has 0 fully saturated rings. The summed E-state index contributed by atoms with van der Waals surface area (Å²) in [4.78, 5) is 2.51. The molecule has 0 bridgehead atoms. The molecule has 2 aromatic rings. The Hall–Kier alpha value is -1.54. The molecular weight excluding hydrogens is 282 g/mol. The minimum absolute atomic E-state index is 0.457. The Balaban J connectivity index is 2.09. The maximum Gasteiger partial charge on any atom is 0.127 e. The van der Waals surface area contributed by atoms with Crippen molar-refractivity contribution in [3.05, 3.63) is 42.0 Å². The van der Waals surface area contributed by atoms with Gasteiger partial charge in [-0.3, -0.25) is 4.90 Å². The van der Waals surface area contributed by atoms with E-state index in [-0.39, 0.29) is 0 Å². The molecule has 0 saturated heterocycles. The Morgan fingerprint density at radius 2 is 1.48 bits per heavy atom. The van der Waals surface area contributed by atoms with E-state index in [1.165, 1.54) is 38.5 Å². The second kappa shape index (κ2) is 9.57. The van der Waals surface area contributed by atoms with Crippen LogP contribution in [0.3, 0.4) is 0 Å². The van der Waals surface area contributed by atoms with Gasteiger partial charge in [-0.1, -0.05) is 75.9 Å². The number of hydrogen-bond acceptors (Lipinski definition) is 2. The van der Waals surface area contributed by atoms with E-state index in [4.69, 9.17) is 0 Å². The Labute approximate surface area is 141 Å². The molecule has 0 aromatic heterocycles. The second-order valence-electron chi connectivity index (χ2n) is 6.48. The molecule has 0 saturated carbocycles. The number of rotatable bonds is 10. The Kier molecular flexibility index (Phi) is 7.41. The Morgan fingerprint density at radius 3 is 2.13 bits per heavy atom. The summed E-state index contributed by atoms with van der Waals surface area (Å²) in [6.45, 7) is 7.60. The average molecular weight is 313 g/mol. The highest BCUT2D eigenvalue weighted by molar-refractivity contribution is 5.89. The monoisotopic (exact) mass is 313 g/mol. The molecule has 23 heavy (non-hydrogen) atoms. The van der Waals surface area contributed by atoms with Gasteiger partial charge in [0.1, 0.15) is 5.75 Å². The number of hydrogen-bond donors (Lipinski definition) is 1. The van der Waals surface area contributed by atoms with Gasteiger partial charge in [-0.2, -0.15) is 0 Å². The van der Waals surface area contributed by atoms with E-state index in [1.807, 2.05) is 18.2 Å². The third kappa shape index (κ3) is 5.24. The number of unbranched alkanes of at least 4 members (excludes halogenated alkanes) is 4. The first-order valence-corrected chi connectivity index (χ1v) is 9.18. The highest BCUT2D eigenvalue weighted by Crippen LogP contribution is 2.29. The third-order valence-electron chi connectivity index (χ3n) is 4.53. The molecule has 126 valence electrons. The highest BCUT2D eigenvalue weighted by atomic mass is 16.3. The van der Waals surface area contributed by atoms with Crippen LogP contribution >= 0.6 is 0 Å². The van der Waals surface area contributed by atoms with E-state index in [1.54, 1.807) is 0 Å². The van der Waals surface area contributed by atoms with Crippen LogP contribution in [0.4, 0.5) is 0 Å². The maximum absolute atomic E-state index is 10.6. The lowest BCUT2D eigenvalue weighted by Crippen LogP contribution is -2.25. The molecule has 0 aliphatic rings. The Bertz CT molecular complexity index is 583. The summed E-state index contributed by atoms with van der Waals surface area (Å²) in [5.74, 6) is 0.457. The molecule has 2 nitrogen and oxygen atoms in total. The van der Waals surface area contributed by atoms with Crippen LogP contribution in [0.15, 0.2) is 36.4 Å². The number of benzene rings is 2. The number of nitrogens with zero attached hydrogens (tertiary/aromatic N) is 1. The fourth-order valence-electron chi connectivity index (χ4n) is 3.11. The Morgan fingerprint density at radius 1 is 0.826 bits per heavy atom. The lowest BCUT2D eigenvalue weighted by Gasteiger charge is -2.23. The van der Waals surface area contributed by atoms with Crippen molar-refractivity contribution in [1.82, 2.24) is 4.90 Å². The standard InChI is InChI=1S/C21H31NO/c1-3-5-9-15-22(16-10-6-4-2)17-19-14-13-18-11-7-8-12-20(18)21(19)23/h7-8,11-14,23H,3-6,9-10,15-17H2,1-2H3. The minimum Gasteiger partial charge on any atom is -0.507 e. The SMILES string of the molecule is CCCCCN(CCCCC)Cc1ccc2ccccc2c1O. The number of aromatic hydroxyl groups is 1. The van der Waals surface area contributed by atoms with Gasteiger partial charge in [-0.15, -0.1) is 0 Å². The summed E-state index contributed by atoms with van der Waals surface area (Å²) in [7, 11) is 0. The quantitative estimate of drug-likeness (QED) is 0.566. The molecule has 0 unspecified atom stereocenters. The largest absolute Gasteiger partial charge is 0.507 e. The zero-order valence-corrected chi connectivity index (χ0v) is 14.7. The van der Waals surface area contributed by atoms with Crippen molar-refractivity contribution in [2.24, 2.45) is 0 Å². The van der Waals surface area contributed by atoms with Crippen molar-refractivity contribution in [3.63, 3.8) is 0 Å². The highest BCUT2D eigenvalue weighted by Gasteiger charge is 2.11. The van der Waals surface area contributed by atoms with Crippen molar-refractivity contribution >= 4 is 10.8 Å². The number of fused-ring (bicyclic) bond motifs is 1. The predicted molar refractivity (Wildman–Crippen MR) is 99.9 cm³/mol. The maximum atomic E-state index is 10.6. The third-order valence-corrected chi connectivity index (χ3v) is 4.53. The first kappa shape index (κ1) is 17.8. The smallest absolute Gasteiger partial charge is 0.127 e. The zero-order valence-electron chi connectivity index (χ0n) is 14.7. The van der Waals surface area contributed by atoms with Gasteiger partial charge in [-0.25, -0.2) is 0 Å². The topological polar surface area (TPSA) is 23.5 Å². The van der Waals surface area contributed by atoms with Gasteiger partial charge in [-0.05, 0) is 31.3 Å². The van der Waals surface area contributed by atoms with Gasteiger partial charge in [0.15, 0.2) is 0 Å². The lowest BCUT2D eigenvalue weighted by molar-refractivity contribution is 0.251. The van der Waals surface area contributed by atoms with Gasteiger partial charge < -0.3 is 5.11 Å². The van der Waals surface area contributed by atoms with Gasteiger partial charge in [0, 0.05) is 17.5 Å². The molecule has 0 heterocycles. The summed E-state index contributed by atoms with van der Waals surface area (Å²) in [5, 5.41) is 12.7. The molecule has 0 radical (unpaired) electrons. The second-order valence-corrected chi connectivity index (χ2v) is 6.48. The van der Waals surface area contributed by atoms with Crippen molar-refractivity contribution < 1.29 is 5.11 Å². The molecule has 0 spiro atoms. The first-order valence-electron chi connectivity index (χ1n) is 9.18. The van der Waals surface area contributed by atoms with Crippen LogP contribution < -0.4 is 0 Å². The van der Waals surface area contributed by atoms with Crippen molar-refractivity contribution in [2.75, 3.05) is 13.1 Å². The van der Waals surface area contributed by atoms with E-state index >= 15 is 0 Å². The van der Waals surface area contributed by atoms with E-state index in [9.17, 15) is 5.11 Å². The molecular formula is C21H31NO. The molecule has 2 aromatic carbocycles. The van der Waals surface area contributed by atoms with E-state index in [0.717, 1.165) is 36.0 Å². The van der Waals surface area contributed by atoms with Gasteiger partial charge >= 0.3 is 0 Å². The van der Waals surface area contributed by atoms with Crippen molar-refractivity contribution in [2.45, 2.75) is 58.9 Å². The molecule has 1 N–H and O–H groups in total. The molecule has 2 heteroatoms. The van der Waals surface area contributed by atoms with Crippen molar-refractivity contribution in [3.8, 4) is 5.75 Å². The van der Waals surface area contributed by atoms with E-state index < -0.39 is 0 Å². The van der Waals surface area contributed by atoms with E-state index in [2.05, 4.69) is 36.9 Å². The van der Waals surface area contributed by atoms with Crippen molar-refractivity contribution in [1.29, 1.82) is 0 Å². The molecule has 0 amide bonds. The van der Waals surface area contributed by atoms with Gasteiger partial charge in [0.05, 0.1) is 0 Å². The lowest BCUT2D eigenvalue weighted by atomic mass is 10.0. The van der Waals surface area contributed by atoms with Crippen LogP contribution in [-0.2, 0) is 6.54 Å². The zero-order chi connectivity index (χ0) is 16.5. The first-order chi connectivity index (χ1) is 11.3. The summed E-state index contributed by atoms with van der Waals surface area (Å²) >= 11 is 0. The van der Waals surface area contributed by atoms with Crippen LogP contribution in [0, 0.1) is 0 Å². The van der Waals surface area contributed by atoms with Gasteiger partial charge in [0.25, 0.3) is 0 Å². The number of phenolic OH excluding ortho intramolecular Hbond substituents is 1. The van der Waals surface area contributed by atoms with Crippen LogP contribution in [0.2, 0.25) is 0 Å². The summed E-state index contributed by atoms with van der Waals surface area (Å²) < 4.78 is 0. The summed E-state index contributed by atoms with van der Waals surface area (Å²) in [6, 6.07) is 12.3. The predicted octanol–water partition coefficient (Wildman–Crippen LogP) is 5.73. The molecule has 0 aliphatic heterocycles. The summed E-state index contributed by atoms with van der Waals surface area (Å²) in [5.41, 5.74) is 1.05. The van der Waals surface area contributed by atoms with Crippen LogP contribution in [-0.4, -0.2) is 23.1 Å².